The van der Waals surface area contributed by atoms with E-state index in [0.717, 1.165) is 46.0 Å². The number of aromatic nitrogens is 5. The number of nitrogens with zero attached hydrogens (tertiary/aromatic N) is 3. The summed E-state index contributed by atoms with van der Waals surface area (Å²) in [5.74, 6) is 4.31. The van der Waals surface area contributed by atoms with Crippen molar-refractivity contribution in [3.63, 3.8) is 0 Å². The average Bonchev–Trinajstić information content (AvgIpc) is 1.65. The van der Waals surface area contributed by atoms with E-state index in [1.165, 1.54) is 132 Å². The molecule has 6 aromatic heterocycles. The van der Waals surface area contributed by atoms with Gasteiger partial charge < -0.3 is 33.0 Å². The van der Waals surface area contributed by atoms with Gasteiger partial charge in [0, 0.05) is 82.3 Å². The topological polar surface area (TPSA) is 124 Å². The Balaban J connectivity index is -0.000000475. The third kappa shape index (κ3) is 44.8. The first kappa shape index (κ1) is 98.3. The third-order valence-electron chi connectivity index (χ3n) is 15.8. The van der Waals surface area contributed by atoms with Crippen LogP contribution in [0.5, 0.6) is 0 Å². The normalized spacial score (nSPS) is 24.1. The van der Waals surface area contributed by atoms with Gasteiger partial charge in [-0.15, -0.1) is 11.3 Å². The van der Waals surface area contributed by atoms with Crippen molar-refractivity contribution >= 4 is 45.8 Å². The molecule has 2 N–H and O–H groups in total. The number of nitrogens with one attached hydrogen (secondary N) is 2. The highest BCUT2D eigenvalue weighted by Gasteiger charge is 2.51. The number of furan rings is 1. The molecular formula is C83H149N5O5S3. The van der Waals surface area contributed by atoms with Gasteiger partial charge >= 0.3 is 0 Å². The van der Waals surface area contributed by atoms with Crippen LogP contribution in [0.4, 0.5) is 0 Å². The third-order valence-corrected chi connectivity index (χ3v) is 19.9. The number of rotatable bonds is 0. The molecule has 0 spiro atoms. The minimum atomic E-state index is 0.671. The molecule has 8 bridgehead atoms. The predicted octanol–water partition coefficient (Wildman–Crippen LogP) is 27.5. The number of hydrogen-bond donors (Lipinski definition) is 2. The second-order valence-electron chi connectivity index (χ2n) is 20.6. The number of pyridine rings is 1. The molecule has 0 amide bonds. The van der Waals surface area contributed by atoms with Crippen molar-refractivity contribution in [1.82, 2.24) is 24.9 Å². The van der Waals surface area contributed by atoms with Gasteiger partial charge in [0.05, 0.1) is 48.6 Å². The molecule has 18 rings (SSSR count). The molecule has 1 aromatic carbocycles. The van der Waals surface area contributed by atoms with Crippen LogP contribution in [0.25, 0.3) is 10.9 Å². The van der Waals surface area contributed by atoms with Crippen LogP contribution in [0.15, 0.2) is 161 Å². The van der Waals surface area contributed by atoms with E-state index < -0.39 is 0 Å². The molecule has 13 heteroatoms. The number of fused-ring (bicyclic) bond motifs is 15. The van der Waals surface area contributed by atoms with Crippen LogP contribution in [-0.2, 0) is 14.2 Å². The summed E-state index contributed by atoms with van der Waals surface area (Å²) in [6.07, 6.45) is 50.3. The number of hydrogen-bond acceptors (Lipinski definition) is 11. The number of para-hydroxylation sites is 1. The van der Waals surface area contributed by atoms with Crippen LogP contribution < -0.4 is 0 Å². The fourth-order valence-electron chi connectivity index (χ4n) is 12.3. The van der Waals surface area contributed by atoms with Gasteiger partial charge in [-0.3, -0.25) is 9.97 Å². The molecule has 11 aliphatic rings. The first-order chi connectivity index (χ1) is 47.8. The number of ether oxygens (including phenoxy) is 3. The molecule has 2 saturated carbocycles. The van der Waals surface area contributed by atoms with Crippen molar-refractivity contribution in [1.29, 1.82) is 0 Å². The molecule has 7 aromatic rings. The van der Waals surface area contributed by atoms with Crippen molar-refractivity contribution < 1.29 is 23.0 Å². The number of benzene rings is 1. The molecule has 96 heavy (non-hydrogen) atoms. The van der Waals surface area contributed by atoms with Crippen LogP contribution in [0.3, 0.4) is 0 Å². The highest BCUT2D eigenvalue weighted by atomic mass is 32.2. The highest BCUT2D eigenvalue weighted by Crippen LogP contribution is 2.59. The molecule has 9 saturated heterocycles. The van der Waals surface area contributed by atoms with Crippen molar-refractivity contribution in [2.75, 3.05) is 13.2 Å². The zero-order valence-electron chi connectivity index (χ0n) is 65.5. The molecule has 0 radical (unpaired) electrons. The summed E-state index contributed by atoms with van der Waals surface area (Å²) in [6.45, 7) is 46.0. The Labute approximate surface area is 605 Å². The van der Waals surface area contributed by atoms with Gasteiger partial charge in [-0.25, -0.2) is 4.98 Å². The van der Waals surface area contributed by atoms with E-state index in [1.807, 2.05) is 231 Å². The number of aromatic amines is 2. The standard InChI is InChI=1S/C9H14O.C9H14S.C8H7N.C6H10O.C6H10S.C5H5N.C4H5N.C4H8O.C4H4O.C3H3NO.C3H3NS.11C2H6/c2*1-2-6-7(3-1)9-5-4-8(6)10-9;1-2-4-8-7(3-1)5-6-9-8;2*1-2-6-4-3-5(1)7-6;1-2-4-6-5-3-1;3*1-2-4-5-3-1;2*1-2-5-3-4-1;11*1-2/h2*6-9H,1-5H2;1-6,9H;2*5-6H,1-4H2;1-5H;1-5H;1-4H2;1-4H;2*1-3H;11*1-2H3. The summed E-state index contributed by atoms with van der Waals surface area (Å²) >= 11 is 6.16. The molecule has 11 fully saturated rings. The average molecular weight is 1390 g/mol. The van der Waals surface area contributed by atoms with Crippen molar-refractivity contribution in [3.8, 4) is 0 Å². The molecule has 8 unspecified atom stereocenters. The zero-order chi connectivity index (χ0) is 72.5. The van der Waals surface area contributed by atoms with E-state index >= 15 is 0 Å². The second-order valence-corrected chi connectivity index (χ2v) is 24.4. The summed E-state index contributed by atoms with van der Waals surface area (Å²) in [7, 11) is 0. The Morgan fingerprint density at radius 3 is 1.15 bits per heavy atom. The smallest absolute Gasteiger partial charge is 0.180 e. The first-order valence-electron chi connectivity index (χ1n) is 39.0. The van der Waals surface area contributed by atoms with E-state index in [-0.39, 0.29) is 0 Å². The fraction of sp³-hybridized carbons (Fsp3) is 0.675. The van der Waals surface area contributed by atoms with Crippen LogP contribution in [0.1, 0.15) is 281 Å². The molecule has 15 heterocycles. The lowest BCUT2D eigenvalue weighted by Crippen LogP contribution is -2.21. The molecule has 554 valence electrons. The lowest BCUT2D eigenvalue weighted by atomic mass is 9.82. The molecule has 8 atom stereocenters. The van der Waals surface area contributed by atoms with Gasteiger partial charge in [-0.05, 0) is 193 Å². The maximum absolute atomic E-state index is 5.84. The van der Waals surface area contributed by atoms with E-state index in [4.69, 9.17) is 14.2 Å². The number of H-pyrrole nitrogens is 2. The van der Waals surface area contributed by atoms with Crippen LogP contribution in [0.2, 0.25) is 0 Å². The number of thioether (sulfide) groups is 2. The quantitative estimate of drug-likeness (QED) is 0.152. The summed E-state index contributed by atoms with van der Waals surface area (Å²) in [4.78, 5) is 17.1. The predicted molar refractivity (Wildman–Crippen MR) is 430 cm³/mol. The van der Waals surface area contributed by atoms with Gasteiger partial charge in [0.2, 0.25) is 0 Å². The van der Waals surface area contributed by atoms with Crippen LogP contribution >= 0.6 is 34.9 Å². The van der Waals surface area contributed by atoms with E-state index in [1.54, 1.807) is 86.3 Å². The summed E-state index contributed by atoms with van der Waals surface area (Å²) in [5.41, 5.74) is 3.00. The monoisotopic (exact) mass is 1390 g/mol. The van der Waals surface area contributed by atoms with Gasteiger partial charge in [-0.2, -0.15) is 23.5 Å². The van der Waals surface area contributed by atoms with Gasteiger partial charge in [0.15, 0.2) is 6.39 Å². The van der Waals surface area contributed by atoms with Gasteiger partial charge in [0.25, 0.3) is 0 Å². The van der Waals surface area contributed by atoms with Crippen molar-refractivity contribution in [2.45, 2.75) is 326 Å². The van der Waals surface area contributed by atoms with E-state index in [9.17, 15) is 0 Å². The maximum atomic E-state index is 5.84. The largest absolute Gasteiger partial charge is 0.473 e. The Morgan fingerprint density at radius 1 is 0.375 bits per heavy atom. The Morgan fingerprint density at radius 2 is 0.865 bits per heavy atom. The summed E-state index contributed by atoms with van der Waals surface area (Å²) < 4.78 is 25.3. The second kappa shape index (κ2) is 76.6. The number of thiazole rings is 1. The highest BCUT2D eigenvalue weighted by molar-refractivity contribution is 8.01. The van der Waals surface area contributed by atoms with Gasteiger partial charge in [-0.1, -0.05) is 189 Å². The molecule has 9 aliphatic heterocycles. The Bertz CT molecular complexity index is 1970. The minimum absolute atomic E-state index is 0.671. The summed E-state index contributed by atoms with van der Waals surface area (Å²) in [6, 6.07) is 23.6. The Hall–Kier alpha value is -4.11. The lowest BCUT2D eigenvalue weighted by molar-refractivity contribution is 0.0814. The number of oxazole rings is 1. The first-order valence-corrected chi connectivity index (χ1v) is 41.9. The van der Waals surface area contributed by atoms with Crippen molar-refractivity contribution in [2.24, 2.45) is 23.7 Å². The lowest BCUT2D eigenvalue weighted by Gasteiger charge is -2.21. The Kier molecular flexibility index (Phi) is 78.5. The van der Waals surface area contributed by atoms with Gasteiger partial charge in [0.1, 0.15) is 6.26 Å². The summed E-state index contributed by atoms with van der Waals surface area (Å²) in [5, 5.41) is 7.60. The molecule has 2 aliphatic carbocycles. The fourth-order valence-corrected chi connectivity index (χ4v) is 16.4. The molecule has 10 nitrogen and oxygen atoms in total. The molecular weight excluding hydrogens is 1240 g/mol. The zero-order valence-corrected chi connectivity index (χ0v) is 68.0. The van der Waals surface area contributed by atoms with E-state index in [2.05, 4.69) is 75.5 Å². The SMILES string of the molecule is C1CC2C3CCC(O3)C2C1.C1CC2C3CCC(S3)C2C1.C1CC2CCC1O2.C1CC2CCC1S2.C1CCOC1.CC.CC.CC.CC.CC.CC.CC.CC.CC.CC.CC.c1cc[nH]c1.c1ccc2[nH]ccc2c1.c1ccncc1.c1ccoc1.c1cocn1.c1cscn1. The maximum Gasteiger partial charge on any atom is 0.180 e. The van der Waals surface area contributed by atoms with Crippen molar-refractivity contribution in [3.05, 3.63) is 152 Å². The van der Waals surface area contributed by atoms with E-state index in [0.29, 0.717) is 24.4 Å². The van der Waals surface area contributed by atoms with Crippen LogP contribution in [-0.4, -0.2) is 83.5 Å². The minimum Gasteiger partial charge on any atom is -0.473 e. The van der Waals surface area contributed by atoms with Crippen LogP contribution in [0, 0.1) is 23.7 Å².